The van der Waals surface area contributed by atoms with Gasteiger partial charge in [0.15, 0.2) is 5.76 Å². The van der Waals surface area contributed by atoms with Crippen LogP contribution in [-0.2, 0) is 16.0 Å². The molecule has 0 aliphatic carbocycles. The standard InChI is InChI=1S/C28H24Cl2N4O5/c1-17(34-14-6-11-21(28(34)38)33-24(36)13-12-18-7-3-2-4-8-18)26(37)31-15-22(35)27-32-16-23(39-27)25-19(29)9-5-10-20(25)30/h2-11,14,16-17H,12-13,15H2,1H3,(H,31,37)(H,33,36)/t17-/m0/s1. The molecular weight excluding hydrogens is 543 g/mol. The predicted molar refractivity (Wildman–Crippen MR) is 148 cm³/mol. The molecule has 2 heterocycles. The monoisotopic (exact) mass is 566 g/mol. The number of Topliss-reactive ketones (excluding diaryl/α,β-unsaturated/α-hetero) is 1. The molecule has 200 valence electrons. The van der Waals surface area contributed by atoms with Crippen LogP contribution in [0.2, 0.25) is 10.0 Å². The van der Waals surface area contributed by atoms with Crippen LogP contribution in [-0.4, -0.2) is 33.7 Å². The van der Waals surface area contributed by atoms with Gasteiger partial charge in [-0.3, -0.25) is 19.2 Å². The first kappa shape index (κ1) is 27.8. The molecule has 0 bridgehead atoms. The van der Waals surface area contributed by atoms with E-state index in [-0.39, 0.29) is 29.7 Å². The molecule has 1 atom stereocenters. The first-order valence-electron chi connectivity index (χ1n) is 12.0. The maximum absolute atomic E-state index is 12.9. The topological polar surface area (TPSA) is 123 Å². The number of ketones is 1. The summed E-state index contributed by atoms with van der Waals surface area (Å²) in [6.07, 6.45) is 3.48. The number of halogens is 2. The van der Waals surface area contributed by atoms with Crippen LogP contribution in [0.5, 0.6) is 0 Å². The third-order valence-electron chi connectivity index (χ3n) is 5.91. The van der Waals surface area contributed by atoms with E-state index in [4.69, 9.17) is 27.6 Å². The van der Waals surface area contributed by atoms with E-state index in [0.717, 1.165) is 5.56 Å². The highest BCUT2D eigenvalue weighted by molar-refractivity contribution is 6.39. The quantitative estimate of drug-likeness (QED) is 0.262. The van der Waals surface area contributed by atoms with Gasteiger partial charge in [-0.25, -0.2) is 4.98 Å². The molecule has 4 aromatic rings. The SMILES string of the molecule is C[C@@H](C(=O)NCC(=O)c1ncc(-c2c(Cl)cccc2Cl)o1)n1cccc(NC(=O)CCc2ccccc2)c1=O. The summed E-state index contributed by atoms with van der Waals surface area (Å²) in [5, 5.41) is 5.77. The fraction of sp³-hybridized carbons (Fsp3) is 0.179. The second-order valence-corrected chi connectivity index (χ2v) is 9.43. The lowest BCUT2D eigenvalue weighted by atomic mass is 10.1. The van der Waals surface area contributed by atoms with Crippen molar-refractivity contribution in [1.82, 2.24) is 14.9 Å². The average Bonchev–Trinajstić information content (AvgIpc) is 3.41. The number of nitrogens with zero attached hydrogens (tertiary/aromatic N) is 2. The highest BCUT2D eigenvalue weighted by atomic mass is 35.5. The number of nitrogens with one attached hydrogen (secondary N) is 2. The molecule has 0 saturated carbocycles. The number of oxazole rings is 1. The lowest BCUT2D eigenvalue weighted by Gasteiger charge is -2.16. The van der Waals surface area contributed by atoms with E-state index >= 15 is 0 Å². The van der Waals surface area contributed by atoms with E-state index in [1.54, 1.807) is 24.3 Å². The van der Waals surface area contributed by atoms with Crippen molar-refractivity contribution in [3.05, 3.63) is 105 Å². The van der Waals surface area contributed by atoms with Gasteiger partial charge in [-0.05, 0) is 43.2 Å². The molecule has 0 spiro atoms. The van der Waals surface area contributed by atoms with Gasteiger partial charge in [-0.15, -0.1) is 0 Å². The molecule has 2 N–H and O–H groups in total. The van der Waals surface area contributed by atoms with Crippen molar-refractivity contribution in [3.8, 4) is 11.3 Å². The van der Waals surface area contributed by atoms with Crippen LogP contribution in [0.25, 0.3) is 11.3 Å². The van der Waals surface area contributed by atoms with Gasteiger partial charge in [0, 0.05) is 12.6 Å². The first-order valence-corrected chi connectivity index (χ1v) is 12.8. The lowest BCUT2D eigenvalue weighted by Crippen LogP contribution is -2.38. The van der Waals surface area contributed by atoms with Crippen LogP contribution in [0.1, 0.15) is 35.6 Å². The maximum Gasteiger partial charge on any atom is 0.275 e. The highest BCUT2D eigenvalue weighted by Gasteiger charge is 2.21. The number of carbonyl (C=O) groups excluding carboxylic acids is 3. The van der Waals surface area contributed by atoms with Crippen molar-refractivity contribution < 1.29 is 18.8 Å². The minimum Gasteiger partial charge on any atom is -0.434 e. The summed E-state index contributed by atoms with van der Waals surface area (Å²) in [4.78, 5) is 54.6. The number of carbonyl (C=O) groups is 3. The minimum absolute atomic E-state index is 0.0526. The van der Waals surface area contributed by atoms with E-state index in [0.29, 0.717) is 22.0 Å². The molecule has 2 aromatic carbocycles. The normalized spacial score (nSPS) is 11.6. The summed E-state index contributed by atoms with van der Waals surface area (Å²) in [5.74, 6) is -1.51. The van der Waals surface area contributed by atoms with Crippen molar-refractivity contribution in [3.63, 3.8) is 0 Å². The van der Waals surface area contributed by atoms with Crippen molar-refractivity contribution in [2.45, 2.75) is 25.8 Å². The molecule has 0 fully saturated rings. The zero-order chi connectivity index (χ0) is 27.9. The van der Waals surface area contributed by atoms with E-state index < -0.39 is 29.8 Å². The Morgan fingerprint density at radius 1 is 1.00 bits per heavy atom. The number of benzene rings is 2. The Morgan fingerprint density at radius 3 is 2.44 bits per heavy atom. The fourth-order valence-electron chi connectivity index (χ4n) is 3.79. The van der Waals surface area contributed by atoms with Gasteiger partial charge in [0.1, 0.15) is 11.7 Å². The van der Waals surface area contributed by atoms with Crippen molar-refractivity contribution >= 4 is 46.5 Å². The second-order valence-electron chi connectivity index (χ2n) is 8.61. The van der Waals surface area contributed by atoms with E-state index in [1.807, 2.05) is 30.3 Å². The summed E-state index contributed by atoms with van der Waals surface area (Å²) in [6.45, 7) is 1.09. The molecule has 0 aliphatic rings. The number of aryl methyl sites for hydroxylation is 1. The zero-order valence-electron chi connectivity index (χ0n) is 20.8. The van der Waals surface area contributed by atoms with Gasteiger partial charge in [-0.2, -0.15) is 0 Å². The van der Waals surface area contributed by atoms with E-state index in [2.05, 4.69) is 15.6 Å². The van der Waals surface area contributed by atoms with Crippen LogP contribution in [0.15, 0.2) is 82.3 Å². The molecule has 11 heteroatoms. The number of aromatic nitrogens is 2. The number of hydrogen-bond acceptors (Lipinski definition) is 6. The van der Waals surface area contributed by atoms with Crippen LogP contribution >= 0.6 is 23.2 Å². The Bertz CT molecular complexity index is 1550. The average molecular weight is 567 g/mol. The van der Waals surface area contributed by atoms with Crippen molar-refractivity contribution in [2.75, 3.05) is 11.9 Å². The fourth-order valence-corrected chi connectivity index (χ4v) is 4.38. The Balaban J connectivity index is 1.35. The zero-order valence-corrected chi connectivity index (χ0v) is 22.3. The molecule has 0 radical (unpaired) electrons. The van der Waals surface area contributed by atoms with E-state index in [9.17, 15) is 19.2 Å². The summed E-state index contributed by atoms with van der Waals surface area (Å²) in [5.41, 5.74) is 0.911. The lowest BCUT2D eigenvalue weighted by molar-refractivity contribution is -0.123. The molecule has 2 amide bonds. The number of amides is 2. The number of rotatable bonds is 10. The molecule has 9 nitrogen and oxygen atoms in total. The third kappa shape index (κ3) is 6.81. The minimum atomic E-state index is -0.964. The van der Waals surface area contributed by atoms with Gasteiger partial charge >= 0.3 is 0 Å². The Morgan fingerprint density at radius 2 is 1.72 bits per heavy atom. The summed E-state index contributed by atoms with van der Waals surface area (Å²) in [6, 6.07) is 16.5. The van der Waals surface area contributed by atoms with Gasteiger partial charge in [0.05, 0.1) is 28.4 Å². The van der Waals surface area contributed by atoms with E-state index in [1.165, 1.54) is 30.0 Å². The predicted octanol–water partition coefficient (Wildman–Crippen LogP) is 4.94. The van der Waals surface area contributed by atoms with Crippen LogP contribution < -0.4 is 16.2 Å². The Labute approximate surface area is 233 Å². The first-order chi connectivity index (χ1) is 18.7. The summed E-state index contributed by atoms with van der Waals surface area (Å²) in [7, 11) is 0. The van der Waals surface area contributed by atoms with Crippen molar-refractivity contribution in [2.24, 2.45) is 0 Å². The van der Waals surface area contributed by atoms with Gasteiger partial charge in [0.25, 0.3) is 11.4 Å². The molecule has 0 aliphatic heterocycles. The maximum atomic E-state index is 12.9. The highest BCUT2D eigenvalue weighted by Crippen LogP contribution is 2.34. The Kier molecular flexibility index (Phi) is 8.96. The molecular formula is C28H24Cl2N4O5. The molecule has 0 unspecified atom stereocenters. The van der Waals surface area contributed by atoms with Gasteiger partial charge in [0.2, 0.25) is 17.6 Å². The second kappa shape index (κ2) is 12.6. The number of pyridine rings is 1. The smallest absolute Gasteiger partial charge is 0.275 e. The molecule has 39 heavy (non-hydrogen) atoms. The Hall–Kier alpha value is -4.21. The number of anilines is 1. The largest absolute Gasteiger partial charge is 0.434 e. The van der Waals surface area contributed by atoms with Gasteiger partial charge < -0.3 is 19.6 Å². The number of hydrogen-bond donors (Lipinski definition) is 2. The van der Waals surface area contributed by atoms with Gasteiger partial charge in [-0.1, -0.05) is 59.6 Å². The molecule has 0 saturated heterocycles. The molecule has 4 rings (SSSR count). The van der Waals surface area contributed by atoms with Crippen LogP contribution in [0, 0.1) is 0 Å². The summed E-state index contributed by atoms with van der Waals surface area (Å²) < 4.78 is 6.69. The van der Waals surface area contributed by atoms with Crippen LogP contribution in [0.3, 0.4) is 0 Å². The molecule has 2 aromatic heterocycles. The van der Waals surface area contributed by atoms with Crippen molar-refractivity contribution in [1.29, 1.82) is 0 Å². The third-order valence-corrected chi connectivity index (χ3v) is 6.54. The van der Waals surface area contributed by atoms with Crippen LogP contribution in [0.4, 0.5) is 5.69 Å². The summed E-state index contributed by atoms with van der Waals surface area (Å²) >= 11 is 12.4.